The van der Waals surface area contributed by atoms with Gasteiger partial charge in [-0.2, -0.15) is 0 Å². The summed E-state index contributed by atoms with van der Waals surface area (Å²) in [5, 5.41) is 9.27. The van der Waals surface area contributed by atoms with Crippen LogP contribution in [0.2, 0.25) is 0 Å². The summed E-state index contributed by atoms with van der Waals surface area (Å²) in [4.78, 5) is 33.1. The third kappa shape index (κ3) is 2.69. The van der Waals surface area contributed by atoms with Crippen molar-refractivity contribution in [2.45, 2.75) is 19.3 Å². The van der Waals surface area contributed by atoms with Gasteiger partial charge in [0.1, 0.15) is 5.92 Å². The van der Waals surface area contributed by atoms with Gasteiger partial charge in [0.05, 0.1) is 18.2 Å². The molecule has 2 atom stereocenters. The Hall–Kier alpha value is -2.37. The molecular formula is C19H23N3O3. The first kappa shape index (κ1) is 16.1. The normalized spacial score (nSPS) is 26.0. The molecule has 1 aromatic rings. The molecule has 25 heavy (non-hydrogen) atoms. The van der Waals surface area contributed by atoms with Crippen molar-refractivity contribution in [1.29, 1.82) is 0 Å². The van der Waals surface area contributed by atoms with Crippen molar-refractivity contribution in [1.82, 2.24) is 0 Å². The molecule has 1 fully saturated rings. The van der Waals surface area contributed by atoms with Gasteiger partial charge in [-0.05, 0) is 37.5 Å². The van der Waals surface area contributed by atoms with Gasteiger partial charge in [-0.25, -0.2) is 0 Å². The van der Waals surface area contributed by atoms with E-state index in [-0.39, 0.29) is 12.3 Å². The van der Waals surface area contributed by atoms with Gasteiger partial charge in [0.15, 0.2) is 5.78 Å². The number of aliphatic imine (C=N–C) groups is 1. The van der Waals surface area contributed by atoms with Crippen molar-refractivity contribution in [2.75, 3.05) is 43.0 Å². The zero-order chi connectivity index (χ0) is 17.6. The zero-order valence-electron chi connectivity index (χ0n) is 14.4. The Kier molecular flexibility index (Phi) is 3.98. The molecule has 2 unspecified atom stereocenters. The fraction of sp³-hybridized carbons (Fsp3) is 0.526. The Balaban J connectivity index is 1.75. The first-order valence-electron chi connectivity index (χ1n) is 8.97. The Morgan fingerprint density at radius 2 is 2.00 bits per heavy atom. The quantitative estimate of drug-likeness (QED) is 0.831. The van der Waals surface area contributed by atoms with Crippen molar-refractivity contribution < 1.29 is 14.7 Å². The topological polar surface area (TPSA) is 73.2 Å². The number of hydrogen-bond acceptors (Lipinski definition) is 5. The molecule has 0 aliphatic carbocycles. The fourth-order valence-corrected chi connectivity index (χ4v) is 4.19. The lowest BCUT2D eigenvalue weighted by Gasteiger charge is -2.25. The van der Waals surface area contributed by atoms with Crippen LogP contribution in [0.1, 0.15) is 24.8 Å². The minimum Gasteiger partial charge on any atom is -0.481 e. The number of aliphatic carboxylic acids is 1. The number of carboxylic acids is 1. The SMILES string of the molecule is CN1CCC2C(=O)C(C(=O)O)CN=C2c2ccc(N3CCCC3)cc21. The van der Waals surface area contributed by atoms with Crippen LogP contribution in [0.4, 0.5) is 11.4 Å². The van der Waals surface area contributed by atoms with Crippen LogP contribution < -0.4 is 9.80 Å². The molecule has 0 amide bonds. The van der Waals surface area contributed by atoms with Crippen LogP contribution in [0.25, 0.3) is 0 Å². The second-order valence-electron chi connectivity index (χ2n) is 7.18. The van der Waals surface area contributed by atoms with Crippen LogP contribution in [0.5, 0.6) is 0 Å². The summed E-state index contributed by atoms with van der Waals surface area (Å²) >= 11 is 0. The maximum Gasteiger partial charge on any atom is 0.315 e. The van der Waals surface area contributed by atoms with Crippen LogP contribution in [-0.2, 0) is 9.59 Å². The van der Waals surface area contributed by atoms with Crippen LogP contribution >= 0.6 is 0 Å². The van der Waals surface area contributed by atoms with Gasteiger partial charge >= 0.3 is 5.97 Å². The number of Topliss-reactive ketones (excluding diaryl/α,β-unsaturated/α-hetero) is 1. The lowest BCUT2D eigenvalue weighted by atomic mass is 9.82. The van der Waals surface area contributed by atoms with Crippen molar-refractivity contribution in [3.05, 3.63) is 23.8 Å². The van der Waals surface area contributed by atoms with Crippen molar-refractivity contribution in [3.63, 3.8) is 0 Å². The molecule has 132 valence electrons. The summed E-state index contributed by atoms with van der Waals surface area (Å²) in [6, 6.07) is 6.36. The maximum absolute atomic E-state index is 12.7. The van der Waals surface area contributed by atoms with Crippen LogP contribution in [0, 0.1) is 11.8 Å². The lowest BCUT2D eigenvalue weighted by molar-refractivity contribution is -0.146. The van der Waals surface area contributed by atoms with Gasteiger partial charge in [0.2, 0.25) is 0 Å². The number of rotatable bonds is 2. The van der Waals surface area contributed by atoms with E-state index in [1.807, 2.05) is 7.05 Å². The summed E-state index contributed by atoms with van der Waals surface area (Å²) in [5.41, 5.74) is 4.06. The van der Waals surface area contributed by atoms with E-state index in [0.717, 1.165) is 36.6 Å². The highest BCUT2D eigenvalue weighted by Gasteiger charge is 2.40. The molecular weight excluding hydrogens is 318 g/mol. The van der Waals surface area contributed by atoms with Gasteiger partial charge in [0, 0.05) is 43.6 Å². The summed E-state index contributed by atoms with van der Waals surface area (Å²) in [5.74, 6) is -2.65. The monoisotopic (exact) mass is 341 g/mol. The highest BCUT2D eigenvalue weighted by molar-refractivity contribution is 6.21. The zero-order valence-corrected chi connectivity index (χ0v) is 14.4. The molecule has 1 saturated heterocycles. The van der Waals surface area contributed by atoms with Crippen molar-refractivity contribution in [3.8, 4) is 0 Å². The Labute approximate surface area is 147 Å². The maximum atomic E-state index is 12.7. The molecule has 0 radical (unpaired) electrons. The van der Waals surface area contributed by atoms with Gasteiger partial charge in [0.25, 0.3) is 0 Å². The average Bonchev–Trinajstić information content (AvgIpc) is 3.09. The first-order valence-corrected chi connectivity index (χ1v) is 8.97. The van der Waals surface area contributed by atoms with Gasteiger partial charge in [-0.1, -0.05) is 0 Å². The number of hydrogen-bond donors (Lipinski definition) is 1. The summed E-state index contributed by atoms with van der Waals surface area (Å²) in [6.07, 6.45) is 3.07. The lowest BCUT2D eigenvalue weighted by Crippen LogP contribution is -2.40. The van der Waals surface area contributed by atoms with Crippen LogP contribution in [-0.4, -0.2) is 55.8 Å². The summed E-state index contributed by atoms with van der Waals surface area (Å²) < 4.78 is 0. The van der Waals surface area contributed by atoms with Crippen molar-refractivity contribution in [2.24, 2.45) is 16.8 Å². The van der Waals surface area contributed by atoms with E-state index in [4.69, 9.17) is 0 Å². The third-order valence-corrected chi connectivity index (χ3v) is 5.65. The van der Waals surface area contributed by atoms with E-state index in [0.29, 0.717) is 6.42 Å². The Morgan fingerprint density at radius 3 is 2.72 bits per heavy atom. The van der Waals surface area contributed by atoms with Crippen LogP contribution in [0.15, 0.2) is 23.2 Å². The number of benzene rings is 1. The molecule has 6 nitrogen and oxygen atoms in total. The highest BCUT2D eigenvalue weighted by atomic mass is 16.4. The standard InChI is InChI=1S/C19H23N3O3/c1-21-9-6-14-17(20-11-15(18(14)23)19(24)25)13-5-4-12(10-16(13)21)22-7-2-3-8-22/h4-5,10,14-15H,2-3,6-9,11H2,1H3,(H,24,25). The number of carboxylic acid groups (broad SMARTS) is 1. The Morgan fingerprint density at radius 1 is 1.24 bits per heavy atom. The number of nitrogens with zero attached hydrogens (tertiary/aromatic N) is 3. The van der Waals surface area contributed by atoms with Gasteiger partial charge in [-0.15, -0.1) is 0 Å². The van der Waals surface area contributed by atoms with E-state index >= 15 is 0 Å². The third-order valence-electron chi connectivity index (χ3n) is 5.65. The molecule has 4 rings (SSSR count). The molecule has 3 aliphatic rings. The van der Waals surface area contributed by atoms with Gasteiger partial charge < -0.3 is 14.9 Å². The highest BCUT2D eigenvalue weighted by Crippen LogP contribution is 2.35. The summed E-state index contributed by atoms with van der Waals surface area (Å²) in [6.45, 7) is 2.95. The van der Waals surface area contributed by atoms with Crippen LogP contribution in [0.3, 0.4) is 0 Å². The Bertz CT molecular complexity index is 752. The molecule has 0 spiro atoms. The largest absolute Gasteiger partial charge is 0.481 e. The minimum atomic E-state index is -1.06. The number of ketones is 1. The average molecular weight is 341 g/mol. The van der Waals surface area contributed by atoms with E-state index in [1.54, 1.807) is 0 Å². The number of carbonyl (C=O) groups excluding carboxylic acids is 1. The molecule has 3 heterocycles. The van der Waals surface area contributed by atoms with E-state index in [2.05, 4.69) is 33.0 Å². The minimum absolute atomic E-state index is 0.0526. The molecule has 3 aliphatic heterocycles. The predicted octanol–water partition coefficient (Wildman–Crippen LogP) is 1.82. The molecule has 0 aromatic heterocycles. The molecule has 6 heteroatoms. The number of anilines is 2. The molecule has 0 saturated carbocycles. The fourth-order valence-electron chi connectivity index (χ4n) is 4.19. The van der Waals surface area contributed by atoms with E-state index in [9.17, 15) is 14.7 Å². The first-order chi connectivity index (χ1) is 12.1. The smallest absolute Gasteiger partial charge is 0.315 e. The molecule has 1 aromatic carbocycles. The number of fused-ring (bicyclic) bond motifs is 3. The molecule has 1 N–H and O–H groups in total. The summed E-state index contributed by atoms with van der Waals surface area (Å²) in [7, 11) is 2.03. The van der Waals surface area contributed by atoms with E-state index in [1.165, 1.54) is 18.5 Å². The molecule has 0 bridgehead atoms. The second kappa shape index (κ2) is 6.17. The van der Waals surface area contributed by atoms with E-state index < -0.39 is 17.8 Å². The second-order valence-corrected chi connectivity index (χ2v) is 7.18. The predicted molar refractivity (Wildman–Crippen MR) is 96.8 cm³/mol. The van der Waals surface area contributed by atoms with Crippen molar-refractivity contribution >= 4 is 28.8 Å². The van der Waals surface area contributed by atoms with Gasteiger partial charge in [-0.3, -0.25) is 14.6 Å². The number of carbonyl (C=O) groups is 2.